The molecule has 106 valence electrons. The van der Waals surface area contributed by atoms with Gasteiger partial charge in [0.25, 0.3) is 0 Å². The number of halogens is 3. The van der Waals surface area contributed by atoms with Gasteiger partial charge in [0.2, 0.25) is 11.8 Å². The van der Waals surface area contributed by atoms with Crippen LogP contribution in [0.25, 0.3) is 0 Å². The number of hydrogen-bond donors (Lipinski definition) is 1. The van der Waals surface area contributed by atoms with Crippen LogP contribution in [0.5, 0.6) is 0 Å². The summed E-state index contributed by atoms with van der Waals surface area (Å²) in [5.74, 6) is -2.64. The third-order valence-electron chi connectivity index (χ3n) is 3.97. The molecule has 6 heteroatoms. The molecule has 2 aliphatic rings. The standard InChI is InChI=1S/C12H20F2N2O.ClH/c1-15-10-4-7-16(8-10)11(17)9-2-5-12(13,14)6-3-9;/h9-10,15H,2-8H2,1H3;1H. The van der Waals surface area contributed by atoms with Crippen molar-refractivity contribution in [1.82, 2.24) is 10.2 Å². The molecule has 2 rings (SSSR count). The molecule has 2 fully saturated rings. The molecular weight excluding hydrogens is 262 g/mol. The highest BCUT2D eigenvalue weighted by molar-refractivity contribution is 5.85. The average Bonchev–Trinajstić information content (AvgIpc) is 2.76. The smallest absolute Gasteiger partial charge is 0.248 e. The van der Waals surface area contributed by atoms with Crippen LogP contribution in [0.3, 0.4) is 0 Å². The van der Waals surface area contributed by atoms with Gasteiger partial charge in [-0.25, -0.2) is 8.78 Å². The molecule has 0 aromatic rings. The van der Waals surface area contributed by atoms with E-state index in [1.165, 1.54) is 0 Å². The summed E-state index contributed by atoms with van der Waals surface area (Å²) in [6, 6.07) is 0.365. The zero-order valence-electron chi connectivity index (χ0n) is 10.6. The van der Waals surface area contributed by atoms with Gasteiger partial charge >= 0.3 is 0 Å². The second kappa shape index (κ2) is 6.15. The number of rotatable bonds is 2. The van der Waals surface area contributed by atoms with E-state index in [2.05, 4.69) is 5.32 Å². The summed E-state index contributed by atoms with van der Waals surface area (Å²) >= 11 is 0. The fourth-order valence-electron chi connectivity index (χ4n) is 2.74. The van der Waals surface area contributed by atoms with Crippen LogP contribution < -0.4 is 5.32 Å². The Morgan fingerprint density at radius 3 is 2.39 bits per heavy atom. The number of nitrogens with zero attached hydrogens (tertiary/aromatic N) is 1. The number of carbonyl (C=O) groups is 1. The van der Waals surface area contributed by atoms with Crippen LogP contribution in [-0.2, 0) is 4.79 Å². The van der Waals surface area contributed by atoms with E-state index in [0.717, 1.165) is 19.5 Å². The highest BCUT2D eigenvalue weighted by Gasteiger charge is 2.39. The minimum absolute atomic E-state index is 0. The lowest BCUT2D eigenvalue weighted by atomic mass is 9.86. The van der Waals surface area contributed by atoms with Gasteiger partial charge in [-0.3, -0.25) is 4.79 Å². The molecule has 1 atom stereocenters. The predicted octanol–water partition coefficient (Wildman–Crippen LogP) is 2.05. The SMILES string of the molecule is CNC1CCN(C(=O)C2CCC(F)(F)CC2)C1.Cl. The lowest BCUT2D eigenvalue weighted by molar-refractivity contribution is -0.138. The van der Waals surface area contributed by atoms with E-state index in [0.29, 0.717) is 18.9 Å². The Bertz CT molecular complexity index is 292. The predicted molar refractivity (Wildman–Crippen MR) is 68.2 cm³/mol. The molecule has 0 aromatic carbocycles. The number of alkyl halides is 2. The number of likely N-dealkylation sites (tertiary alicyclic amines) is 1. The zero-order valence-corrected chi connectivity index (χ0v) is 11.4. The largest absolute Gasteiger partial charge is 0.341 e. The summed E-state index contributed by atoms with van der Waals surface area (Å²) < 4.78 is 26.0. The number of amides is 1. The van der Waals surface area contributed by atoms with Crippen LogP contribution in [0.4, 0.5) is 8.78 Å². The maximum absolute atomic E-state index is 13.0. The first-order chi connectivity index (χ1) is 8.02. The third kappa shape index (κ3) is 3.54. The van der Waals surface area contributed by atoms with E-state index < -0.39 is 5.92 Å². The molecule has 0 radical (unpaired) electrons. The minimum Gasteiger partial charge on any atom is -0.341 e. The summed E-state index contributed by atoms with van der Waals surface area (Å²) in [5, 5.41) is 3.15. The first-order valence-electron chi connectivity index (χ1n) is 6.36. The fourth-order valence-corrected chi connectivity index (χ4v) is 2.74. The summed E-state index contributed by atoms with van der Waals surface area (Å²) in [4.78, 5) is 14.0. The molecule has 1 heterocycles. The minimum atomic E-state index is -2.55. The van der Waals surface area contributed by atoms with Gasteiger partial charge in [-0.1, -0.05) is 0 Å². The molecule has 1 unspecified atom stereocenters. The normalized spacial score (nSPS) is 27.9. The maximum Gasteiger partial charge on any atom is 0.248 e. The molecular formula is C12H21ClF2N2O. The monoisotopic (exact) mass is 282 g/mol. The molecule has 1 aliphatic heterocycles. The van der Waals surface area contributed by atoms with Gasteiger partial charge < -0.3 is 10.2 Å². The van der Waals surface area contributed by atoms with E-state index in [1.54, 1.807) is 0 Å². The molecule has 1 aliphatic carbocycles. The summed E-state index contributed by atoms with van der Waals surface area (Å²) in [6.45, 7) is 1.49. The van der Waals surface area contributed by atoms with Crippen molar-refractivity contribution in [3.05, 3.63) is 0 Å². The van der Waals surface area contributed by atoms with E-state index in [-0.39, 0.29) is 37.1 Å². The number of hydrogen-bond acceptors (Lipinski definition) is 2. The molecule has 0 bridgehead atoms. The Balaban J connectivity index is 0.00000162. The Kier molecular flexibility index (Phi) is 5.34. The van der Waals surface area contributed by atoms with Crippen LogP contribution in [0.2, 0.25) is 0 Å². The van der Waals surface area contributed by atoms with Crippen LogP contribution in [0.15, 0.2) is 0 Å². The third-order valence-corrected chi connectivity index (χ3v) is 3.97. The molecule has 1 saturated heterocycles. The second-order valence-corrected chi connectivity index (χ2v) is 5.19. The maximum atomic E-state index is 13.0. The summed E-state index contributed by atoms with van der Waals surface area (Å²) in [7, 11) is 1.89. The molecule has 3 nitrogen and oxygen atoms in total. The quantitative estimate of drug-likeness (QED) is 0.841. The van der Waals surface area contributed by atoms with Crippen molar-refractivity contribution >= 4 is 18.3 Å². The van der Waals surface area contributed by atoms with Crippen molar-refractivity contribution in [2.75, 3.05) is 20.1 Å². The zero-order chi connectivity index (χ0) is 12.5. The average molecular weight is 283 g/mol. The van der Waals surface area contributed by atoms with Gasteiger partial charge in [0.05, 0.1) is 0 Å². The second-order valence-electron chi connectivity index (χ2n) is 5.19. The lowest BCUT2D eigenvalue weighted by Crippen LogP contribution is -2.39. The lowest BCUT2D eigenvalue weighted by Gasteiger charge is -2.30. The number of likely N-dealkylation sites (N-methyl/N-ethyl adjacent to an activating group) is 1. The van der Waals surface area contributed by atoms with Crippen molar-refractivity contribution in [3.8, 4) is 0 Å². The Hall–Kier alpha value is -0.420. The Labute approximate surface area is 113 Å². The summed E-state index contributed by atoms with van der Waals surface area (Å²) in [6.07, 6.45) is 1.38. The van der Waals surface area contributed by atoms with Crippen molar-refractivity contribution in [2.45, 2.75) is 44.1 Å². The van der Waals surface area contributed by atoms with Crippen molar-refractivity contribution in [1.29, 1.82) is 0 Å². The van der Waals surface area contributed by atoms with E-state index in [1.807, 2.05) is 11.9 Å². The van der Waals surface area contributed by atoms with Crippen LogP contribution in [-0.4, -0.2) is 42.9 Å². The molecule has 1 amide bonds. The highest BCUT2D eigenvalue weighted by Crippen LogP contribution is 2.37. The first-order valence-corrected chi connectivity index (χ1v) is 6.36. The van der Waals surface area contributed by atoms with Gasteiger partial charge in [-0.2, -0.15) is 0 Å². The fraction of sp³-hybridized carbons (Fsp3) is 0.917. The topological polar surface area (TPSA) is 32.3 Å². The first kappa shape index (κ1) is 15.6. The molecule has 0 aromatic heterocycles. The summed E-state index contributed by atoms with van der Waals surface area (Å²) in [5.41, 5.74) is 0. The van der Waals surface area contributed by atoms with E-state index in [4.69, 9.17) is 0 Å². The van der Waals surface area contributed by atoms with Crippen LogP contribution >= 0.6 is 12.4 Å². The highest BCUT2D eigenvalue weighted by atomic mass is 35.5. The van der Waals surface area contributed by atoms with E-state index >= 15 is 0 Å². The van der Waals surface area contributed by atoms with E-state index in [9.17, 15) is 13.6 Å². The van der Waals surface area contributed by atoms with Crippen LogP contribution in [0, 0.1) is 5.92 Å². The molecule has 1 N–H and O–H groups in total. The number of nitrogens with one attached hydrogen (secondary N) is 1. The molecule has 18 heavy (non-hydrogen) atoms. The Morgan fingerprint density at radius 1 is 1.28 bits per heavy atom. The van der Waals surface area contributed by atoms with Gasteiger partial charge in [0.15, 0.2) is 0 Å². The van der Waals surface area contributed by atoms with Crippen molar-refractivity contribution in [2.24, 2.45) is 5.92 Å². The van der Waals surface area contributed by atoms with Gasteiger partial charge in [0, 0.05) is 37.9 Å². The van der Waals surface area contributed by atoms with Gasteiger partial charge in [-0.15, -0.1) is 12.4 Å². The van der Waals surface area contributed by atoms with Gasteiger partial charge in [0.1, 0.15) is 0 Å². The van der Waals surface area contributed by atoms with Crippen molar-refractivity contribution < 1.29 is 13.6 Å². The Morgan fingerprint density at radius 2 is 1.89 bits per heavy atom. The molecule has 0 spiro atoms. The molecule has 1 saturated carbocycles. The number of carbonyl (C=O) groups excluding carboxylic acids is 1. The van der Waals surface area contributed by atoms with Gasteiger partial charge in [-0.05, 0) is 26.3 Å². The van der Waals surface area contributed by atoms with Crippen LogP contribution in [0.1, 0.15) is 32.1 Å². The van der Waals surface area contributed by atoms with Crippen molar-refractivity contribution in [3.63, 3.8) is 0 Å².